The Labute approximate surface area is 174 Å². The number of benzene rings is 2. The standard InChI is InChI=1S/C24H23N5O/c1-17(19-10-6-3-7-11-19)28-13-12-20(16-28)29-23-21(15-25-29)24(30)27-22(26-23)14-18-8-4-2-5-9-18/h2-11,15,20H,1,12-14,16H2,(H,26,27,30). The van der Waals surface area contributed by atoms with E-state index in [1.165, 1.54) is 0 Å². The van der Waals surface area contributed by atoms with E-state index in [9.17, 15) is 4.79 Å². The van der Waals surface area contributed by atoms with E-state index >= 15 is 0 Å². The predicted molar refractivity (Wildman–Crippen MR) is 118 cm³/mol. The van der Waals surface area contributed by atoms with Crippen LogP contribution < -0.4 is 5.56 Å². The van der Waals surface area contributed by atoms with Gasteiger partial charge in [0.2, 0.25) is 0 Å². The fourth-order valence-corrected chi connectivity index (χ4v) is 4.12. The van der Waals surface area contributed by atoms with Gasteiger partial charge in [-0.25, -0.2) is 9.67 Å². The highest BCUT2D eigenvalue weighted by molar-refractivity contribution is 5.73. The summed E-state index contributed by atoms with van der Waals surface area (Å²) in [6, 6.07) is 20.4. The van der Waals surface area contributed by atoms with E-state index in [1.54, 1.807) is 6.20 Å². The number of aromatic amines is 1. The van der Waals surface area contributed by atoms with Crippen LogP contribution in [-0.4, -0.2) is 37.7 Å². The first-order chi connectivity index (χ1) is 14.7. The molecule has 1 atom stereocenters. The highest BCUT2D eigenvalue weighted by atomic mass is 16.1. The van der Waals surface area contributed by atoms with Crippen molar-refractivity contribution in [2.45, 2.75) is 18.9 Å². The molecule has 1 aliphatic heterocycles. The molecule has 4 aromatic rings. The summed E-state index contributed by atoms with van der Waals surface area (Å²) >= 11 is 0. The van der Waals surface area contributed by atoms with Gasteiger partial charge in [0, 0.05) is 25.2 Å². The van der Waals surface area contributed by atoms with Gasteiger partial charge in [0.05, 0.1) is 12.2 Å². The molecule has 1 fully saturated rings. The quantitative estimate of drug-likeness (QED) is 0.558. The molecule has 0 saturated carbocycles. The van der Waals surface area contributed by atoms with Crippen LogP contribution >= 0.6 is 0 Å². The van der Waals surface area contributed by atoms with Gasteiger partial charge in [-0.2, -0.15) is 5.10 Å². The van der Waals surface area contributed by atoms with Gasteiger partial charge in [0.15, 0.2) is 5.65 Å². The van der Waals surface area contributed by atoms with Crippen LogP contribution in [0.15, 0.2) is 78.2 Å². The number of likely N-dealkylation sites (tertiary alicyclic amines) is 1. The Hall–Kier alpha value is -3.67. The second kappa shape index (κ2) is 7.63. The van der Waals surface area contributed by atoms with Crippen LogP contribution in [0.25, 0.3) is 16.7 Å². The second-order valence-electron chi connectivity index (χ2n) is 7.70. The van der Waals surface area contributed by atoms with E-state index in [0.29, 0.717) is 23.3 Å². The molecular weight excluding hydrogens is 374 g/mol. The highest BCUT2D eigenvalue weighted by Crippen LogP contribution is 2.29. The molecule has 0 bridgehead atoms. The van der Waals surface area contributed by atoms with Crippen molar-refractivity contribution in [3.8, 4) is 0 Å². The maximum Gasteiger partial charge on any atom is 0.262 e. The van der Waals surface area contributed by atoms with Crippen LogP contribution in [0.4, 0.5) is 0 Å². The monoisotopic (exact) mass is 397 g/mol. The van der Waals surface area contributed by atoms with Crippen LogP contribution in [0.3, 0.4) is 0 Å². The van der Waals surface area contributed by atoms with Crippen molar-refractivity contribution >= 4 is 16.7 Å². The van der Waals surface area contributed by atoms with Gasteiger partial charge in [-0.05, 0) is 17.5 Å². The summed E-state index contributed by atoms with van der Waals surface area (Å²) in [6.07, 6.45) is 3.14. The summed E-state index contributed by atoms with van der Waals surface area (Å²) in [5.74, 6) is 0.656. The van der Waals surface area contributed by atoms with Crippen molar-refractivity contribution in [1.82, 2.24) is 24.6 Å². The zero-order valence-electron chi connectivity index (χ0n) is 16.7. The lowest BCUT2D eigenvalue weighted by atomic mass is 10.1. The first kappa shape index (κ1) is 18.4. The predicted octanol–water partition coefficient (Wildman–Crippen LogP) is 3.63. The molecule has 3 heterocycles. The number of aromatic nitrogens is 4. The fourth-order valence-electron chi connectivity index (χ4n) is 4.12. The van der Waals surface area contributed by atoms with Crippen molar-refractivity contribution < 1.29 is 0 Å². The van der Waals surface area contributed by atoms with E-state index in [0.717, 1.165) is 36.3 Å². The number of hydrogen-bond donors (Lipinski definition) is 1. The summed E-state index contributed by atoms with van der Waals surface area (Å²) in [5.41, 5.74) is 3.77. The molecule has 1 aliphatic rings. The van der Waals surface area contributed by atoms with Crippen LogP contribution in [0.1, 0.15) is 29.4 Å². The molecule has 0 amide bonds. The highest BCUT2D eigenvalue weighted by Gasteiger charge is 2.27. The summed E-state index contributed by atoms with van der Waals surface area (Å²) < 4.78 is 1.91. The van der Waals surface area contributed by atoms with Crippen molar-refractivity contribution in [2.75, 3.05) is 13.1 Å². The van der Waals surface area contributed by atoms with E-state index in [1.807, 2.05) is 53.2 Å². The van der Waals surface area contributed by atoms with Crippen LogP contribution in [0.2, 0.25) is 0 Å². The van der Waals surface area contributed by atoms with Crippen LogP contribution in [0, 0.1) is 0 Å². The number of nitrogens with zero attached hydrogens (tertiary/aromatic N) is 4. The van der Waals surface area contributed by atoms with Gasteiger partial charge in [-0.3, -0.25) is 4.79 Å². The van der Waals surface area contributed by atoms with Gasteiger partial charge in [-0.15, -0.1) is 0 Å². The zero-order valence-corrected chi connectivity index (χ0v) is 16.7. The average Bonchev–Trinajstić information content (AvgIpc) is 3.42. The zero-order chi connectivity index (χ0) is 20.5. The third-order valence-electron chi connectivity index (χ3n) is 5.72. The lowest BCUT2D eigenvalue weighted by molar-refractivity contribution is 0.437. The third kappa shape index (κ3) is 3.41. The molecule has 2 aromatic heterocycles. The summed E-state index contributed by atoms with van der Waals surface area (Å²) in [5, 5.41) is 5.07. The second-order valence-corrected chi connectivity index (χ2v) is 7.70. The van der Waals surface area contributed by atoms with Gasteiger partial charge in [-0.1, -0.05) is 67.2 Å². The van der Waals surface area contributed by atoms with Crippen molar-refractivity contribution in [1.29, 1.82) is 0 Å². The molecule has 2 aromatic carbocycles. The van der Waals surface area contributed by atoms with Crippen LogP contribution in [0.5, 0.6) is 0 Å². The molecule has 30 heavy (non-hydrogen) atoms. The molecule has 0 aliphatic carbocycles. The average molecular weight is 397 g/mol. The Morgan fingerprint density at radius 3 is 2.60 bits per heavy atom. The summed E-state index contributed by atoms with van der Waals surface area (Å²) in [7, 11) is 0. The molecule has 5 rings (SSSR count). The first-order valence-corrected chi connectivity index (χ1v) is 10.2. The minimum atomic E-state index is -0.138. The largest absolute Gasteiger partial charge is 0.369 e. The Morgan fingerprint density at radius 1 is 1.10 bits per heavy atom. The number of fused-ring (bicyclic) bond motifs is 1. The first-order valence-electron chi connectivity index (χ1n) is 10.2. The van der Waals surface area contributed by atoms with E-state index in [2.05, 4.69) is 33.7 Å². The number of hydrogen-bond acceptors (Lipinski definition) is 4. The van der Waals surface area contributed by atoms with E-state index in [-0.39, 0.29) is 11.6 Å². The van der Waals surface area contributed by atoms with Gasteiger partial charge >= 0.3 is 0 Å². The Bertz CT molecular complexity index is 1240. The summed E-state index contributed by atoms with van der Waals surface area (Å²) in [6.45, 7) is 5.99. The van der Waals surface area contributed by atoms with Crippen LogP contribution in [-0.2, 0) is 6.42 Å². The van der Waals surface area contributed by atoms with Crippen molar-refractivity contribution in [3.63, 3.8) is 0 Å². The summed E-state index contributed by atoms with van der Waals surface area (Å²) in [4.78, 5) is 22.6. The molecule has 1 unspecified atom stereocenters. The molecular formula is C24H23N5O. The number of nitrogens with one attached hydrogen (secondary N) is 1. The molecule has 1 saturated heterocycles. The smallest absolute Gasteiger partial charge is 0.262 e. The van der Waals surface area contributed by atoms with Gasteiger partial charge in [0.25, 0.3) is 5.56 Å². The molecule has 6 heteroatoms. The SMILES string of the molecule is C=C(c1ccccc1)N1CCC(n2ncc3c(=O)[nH]c(Cc4ccccc4)nc32)C1. The Balaban J connectivity index is 1.42. The molecule has 0 spiro atoms. The fraction of sp³-hybridized carbons (Fsp3) is 0.208. The number of rotatable bonds is 5. The normalized spacial score (nSPS) is 16.3. The molecule has 6 nitrogen and oxygen atoms in total. The molecule has 1 N–H and O–H groups in total. The molecule has 150 valence electrons. The lowest BCUT2D eigenvalue weighted by Crippen LogP contribution is -2.21. The maximum absolute atomic E-state index is 12.6. The Morgan fingerprint density at radius 2 is 1.83 bits per heavy atom. The third-order valence-corrected chi connectivity index (χ3v) is 5.72. The van der Waals surface area contributed by atoms with E-state index < -0.39 is 0 Å². The van der Waals surface area contributed by atoms with Gasteiger partial charge in [0.1, 0.15) is 11.2 Å². The van der Waals surface area contributed by atoms with Crippen molar-refractivity contribution in [3.05, 3.63) is 101 Å². The Kier molecular flexibility index (Phi) is 4.67. The number of H-pyrrole nitrogens is 1. The topological polar surface area (TPSA) is 66.8 Å². The maximum atomic E-state index is 12.6. The lowest BCUT2D eigenvalue weighted by Gasteiger charge is -2.21. The van der Waals surface area contributed by atoms with E-state index in [4.69, 9.17) is 4.98 Å². The van der Waals surface area contributed by atoms with Crippen molar-refractivity contribution in [2.24, 2.45) is 0 Å². The minimum Gasteiger partial charge on any atom is -0.369 e. The minimum absolute atomic E-state index is 0.138. The molecule has 0 radical (unpaired) electrons. The van der Waals surface area contributed by atoms with Gasteiger partial charge < -0.3 is 9.88 Å².